The van der Waals surface area contributed by atoms with Gasteiger partial charge in [0.05, 0.1) is 13.7 Å². The molecule has 0 bridgehead atoms. The fourth-order valence-electron chi connectivity index (χ4n) is 2.18. The minimum atomic E-state index is -0.614. The van der Waals surface area contributed by atoms with Crippen molar-refractivity contribution in [3.63, 3.8) is 0 Å². The highest BCUT2D eigenvalue weighted by atomic mass is 16.5. The molecule has 7 heteroatoms. The Morgan fingerprint density at radius 1 is 1.09 bits per heavy atom. The Hall–Kier alpha value is -2.05. The van der Waals surface area contributed by atoms with E-state index in [1.165, 1.54) is 26.4 Å². The molecule has 0 unspecified atom stereocenters. The Balaban J connectivity index is 2.02. The number of nitrogens with one attached hydrogen (secondary N) is 2. The lowest BCUT2D eigenvalue weighted by atomic mass is 9.96. The van der Waals surface area contributed by atoms with Crippen LogP contribution in [0.3, 0.4) is 0 Å². The van der Waals surface area contributed by atoms with E-state index in [1.807, 2.05) is 0 Å². The van der Waals surface area contributed by atoms with Crippen molar-refractivity contribution in [2.75, 3.05) is 20.3 Å². The second-order valence-corrected chi connectivity index (χ2v) is 5.11. The van der Waals surface area contributed by atoms with Crippen LogP contribution in [0.4, 0.5) is 4.79 Å². The Morgan fingerprint density at radius 2 is 1.77 bits per heavy atom. The number of esters is 2. The lowest BCUT2D eigenvalue weighted by Gasteiger charge is -2.22. The highest BCUT2D eigenvalue weighted by molar-refractivity contribution is 5.91. The second-order valence-electron chi connectivity index (χ2n) is 5.11. The third-order valence-electron chi connectivity index (χ3n) is 3.35. The van der Waals surface area contributed by atoms with Crippen LogP contribution in [0, 0.1) is 0 Å². The van der Waals surface area contributed by atoms with E-state index in [1.54, 1.807) is 0 Å². The fourth-order valence-corrected chi connectivity index (χ4v) is 2.18. The molecule has 7 nitrogen and oxygen atoms in total. The van der Waals surface area contributed by atoms with Gasteiger partial charge in [-0.2, -0.15) is 0 Å². The molecule has 1 aliphatic rings. The lowest BCUT2D eigenvalue weighted by Crippen LogP contribution is -2.43. The van der Waals surface area contributed by atoms with Crippen LogP contribution in [0.15, 0.2) is 12.2 Å². The maximum absolute atomic E-state index is 11.6. The van der Waals surface area contributed by atoms with Gasteiger partial charge >= 0.3 is 18.0 Å². The molecule has 0 aromatic heterocycles. The zero-order valence-electron chi connectivity index (χ0n) is 12.9. The first-order valence-corrected chi connectivity index (χ1v) is 7.59. The molecule has 124 valence electrons. The molecule has 1 fully saturated rings. The largest absolute Gasteiger partial charge is 0.466 e. The summed E-state index contributed by atoms with van der Waals surface area (Å²) in [4.78, 5) is 33.6. The number of carbonyl (C=O) groups excluding carboxylic acids is 3. The third-order valence-corrected chi connectivity index (χ3v) is 3.35. The van der Waals surface area contributed by atoms with Crippen LogP contribution in [0.2, 0.25) is 0 Å². The van der Waals surface area contributed by atoms with Crippen LogP contribution in [0.1, 0.15) is 38.5 Å². The van der Waals surface area contributed by atoms with E-state index in [-0.39, 0.29) is 18.7 Å². The fraction of sp³-hybridized carbons (Fsp3) is 0.667. The van der Waals surface area contributed by atoms with Crippen molar-refractivity contribution in [2.24, 2.45) is 0 Å². The molecule has 0 spiro atoms. The van der Waals surface area contributed by atoms with E-state index in [0.717, 1.165) is 25.0 Å². The van der Waals surface area contributed by atoms with Crippen LogP contribution in [0.25, 0.3) is 0 Å². The quantitative estimate of drug-likeness (QED) is 0.419. The van der Waals surface area contributed by atoms with Gasteiger partial charge in [0, 0.05) is 24.7 Å². The van der Waals surface area contributed by atoms with Crippen molar-refractivity contribution in [2.45, 2.75) is 44.6 Å². The van der Waals surface area contributed by atoms with Gasteiger partial charge in [-0.15, -0.1) is 0 Å². The van der Waals surface area contributed by atoms with E-state index in [9.17, 15) is 14.4 Å². The van der Waals surface area contributed by atoms with Crippen LogP contribution in [-0.4, -0.2) is 44.3 Å². The Labute approximate surface area is 130 Å². The molecular formula is C15H24N2O5. The monoisotopic (exact) mass is 312 g/mol. The van der Waals surface area contributed by atoms with Gasteiger partial charge in [-0.1, -0.05) is 19.3 Å². The van der Waals surface area contributed by atoms with Gasteiger partial charge in [-0.05, 0) is 19.3 Å². The smallest absolute Gasteiger partial charge is 0.331 e. The summed E-state index contributed by atoms with van der Waals surface area (Å²) < 4.78 is 9.21. The van der Waals surface area contributed by atoms with E-state index >= 15 is 0 Å². The Morgan fingerprint density at radius 3 is 2.45 bits per heavy atom. The zero-order chi connectivity index (χ0) is 16.2. The summed E-state index contributed by atoms with van der Waals surface area (Å²) >= 11 is 0. The van der Waals surface area contributed by atoms with Gasteiger partial charge in [0.1, 0.15) is 0 Å². The van der Waals surface area contributed by atoms with Gasteiger partial charge in [0.2, 0.25) is 0 Å². The number of hydrogen-bond acceptors (Lipinski definition) is 5. The highest BCUT2D eigenvalue weighted by Crippen LogP contribution is 2.16. The highest BCUT2D eigenvalue weighted by Gasteiger charge is 2.14. The number of ether oxygens (including phenoxy) is 2. The van der Waals surface area contributed by atoms with E-state index in [4.69, 9.17) is 4.74 Å². The molecule has 0 saturated heterocycles. The average Bonchev–Trinajstić information content (AvgIpc) is 2.53. The normalized spacial score (nSPS) is 15.3. The van der Waals surface area contributed by atoms with Crippen molar-refractivity contribution >= 4 is 18.0 Å². The van der Waals surface area contributed by atoms with Gasteiger partial charge in [-0.25, -0.2) is 14.4 Å². The summed E-state index contributed by atoms with van der Waals surface area (Å²) in [5.74, 6) is -1.23. The molecule has 1 saturated carbocycles. The van der Waals surface area contributed by atoms with E-state index in [2.05, 4.69) is 15.4 Å². The first-order valence-electron chi connectivity index (χ1n) is 7.59. The van der Waals surface area contributed by atoms with E-state index < -0.39 is 11.9 Å². The third kappa shape index (κ3) is 8.28. The van der Waals surface area contributed by atoms with Gasteiger partial charge < -0.3 is 20.1 Å². The van der Waals surface area contributed by atoms with Crippen molar-refractivity contribution in [1.82, 2.24) is 10.6 Å². The summed E-state index contributed by atoms with van der Waals surface area (Å²) in [7, 11) is 1.22. The van der Waals surface area contributed by atoms with Crippen LogP contribution in [-0.2, 0) is 19.1 Å². The first kappa shape index (κ1) is 18.0. The molecule has 2 N–H and O–H groups in total. The van der Waals surface area contributed by atoms with Crippen LogP contribution >= 0.6 is 0 Å². The molecule has 0 aromatic carbocycles. The Kier molecular flexibility index (Phi) is 8.71. The molecule has 0 heterocycles. The van der Waals surface area contributed by atoms with Gasteiger partial charge in [-0.3, -0.25) is 0 Å². The second kappa shape index (κ2) is 10.6. The van der Waals surface area contributed by atoms with Crippen molar-refractivity contribution in [3.05, 3.63) is 12.2 Å². The minimum absolute atomic E-state index is 0.175. The standard InChI is InChI=1S/C15H24N2O5/c1-21-13(18)8-9-14(19)22-11-5-10-16-15(20)17-12-6-3-2-4-7-12/h8-9,12H,2-7,10-11H2,1H3,(H2,16,17,20)/b9-8+. The molecular weight excluding hydrogens is 288 g/mol. The molecule has 0 aliphatic heterocycles. The first-order chi connectivity index (χ1) is 10.6. The summed E-state index contributed by atoms with van der Waals surface area (Å²) in [6, 6.07) is 0.0962. The van der Waals surface area contributed by atoms with Crippen molar-refractivity contribution < 1.29 is 23.9 Å². The van der Waals surface area contributed by atoms with Crippen LogP contribution in [0.5, 0.6) is 0 Å². The number of amides is 2. The molecule has 0 atom stereocenters. The summed E-state index contributed by atoms with van der Waals surface area (Å²) in [6.07, 6.45) is 8.17. The zero-order valence-corrected chi connectivity index (χ0v) is 12.9. The SMILES string of the molecule is COC(=O)/C=C/C(=O)OCCCNC(=O)NC1CCCCC1. The van der Waals surface area contributed by atoms with E-state index in [0.29, 0.717) is 13.0 Å². The average molecular weight is 312 g/mol. The molecule has 2 amide bonds. The van der Waals surface area contributed by atoms with Gasteiger partial charge in [0.25, 0.3) is 0 Å². The summed E-state index contributed by atoms with van der Waals surface area (Å²) in [5.41, 5.74) is 0. The topological polar surface area (TPSA) is 93.7 Å². The maximum atomic E-state index is 11.6. The molecule has 1 rings (SSSR count). The molecule has 22 heavy (non-hydrogen) atoms. The number of hydrogen-bond donors (Lipinski definition) is 2. The predicted molar refractivity (Wildman–Crippen MR) is 80.1 cm³/mol. The van der Waals surface area contributed by atoms with Crippen molar-refractivity contribution in [3.8, 4) is 0 Å². The number of carbonyl (C=O) groups is 3. The minimum Gasteiger partial charge on any atom is -0.466 e. The van der Waals surface area contributed by atoms with Crippen LogP contribution < -0.4 is 10.6 Å². The number of methoxy groups -OCH3 is 1. The molecule has 0 radical (unpaired) electrons. The Bertz CT molecular complexity index is 403. The molecule has 1 aliphatic carbocycles. The number of urea groups is 1. The lowest BCUT2D eigenvalue weighted by molar-refractivity contribution is -0.139. The predicted octanol–water partition coefficient (Wildman–Crippen LogP) is 1.28. The van der Waals surface area contributed by atoms with Crippen molar-refractivity contribution in [1.29, 1.82) is 0 Å². The summed E-state index contributed by atoms with van der Waals surface area (Å²) in [5, 5.41) is 5.67. The summed E-state index contributed by atoms with van der Waals surface area (Å²) in [6.45, 7) is 0.598. The molecule has 0 aromatic rings. The maximum Gasteiger partial charge on any atom is 0.331 e. The van der Waals surface area contributed by atoms with Gasteiger partial charge in [0.15, 0.2) is 0 Å². The number of rotatable bonds is 7.